The summed E-state index contributed by atoms with van der Waals surface area (Å²) in [6, 6.07) is 13.9. The van der Waals surface area contributed by atoms with Gasteiger partial charge < -0.3 is 11.1 Å². The van der Waals surface area contributed by atoms with Crippen LogP contribution < -0.4 is 11.1 Å². The van der Waals surface area contributed by atoms with Gasteiger partial charge in [0.25, 0.3) is 5.91 Å². The molecule has 2 aromatic carbocycles. The normalized spacial score (nSPS) is 9.95. The van der Waals surface area contributed by atoms with Gasteiger partial charge >= 0.3 is 0 Å². The first kappa shape index (κ1) is 15.0. The molecule has 21 heavy (non-hydrogen) atoms. The molecule has 0 saturated heterocycles. The van der Waals surface area contributed by atoms with Crippen molar-refractivity contribution in [3.8, 4) is 6.07 Å². The number of nitrogens with zero attached hydrogens (tertiary/aromatic N) is 1. The summed E-state index contributed by atoms with van der Waals surface area (Å²) in [5, 5.41) is 12.0. The number of halogens is 1. The minimum atomic E-state index is -0.272. The van der Waals surface area contributed by atoms with Gasteiger partial charge in [0, 0.05) is 5.56 Å². The van der Waals surface area contributed by atoms with Gasteiger partial charge in [0.2, 0.25) is 0 Å². The molecular formula is C16H14ClN3O. The number of carbonyl (C=O) groups excluding carboxylic acids is 1. The van der Waals surface area contributed by atoms with Crippen molar-refractivity contribution < 1.29 is 4.79 Å². The zero-order chi connectivity index (χ0) is 15.2. The number of benzene rings is 2. The molecule has 0 fully saturated rings. The Bertz CT molecular complexity index is 690. The first-order valence-corrected chi connectivity index (χ1v) is 6.82. The maximum absolute atomic E-state index is 12.2. The summed E-state index contributed by atoms with van der Waals surface area (Å²) in [5.74, 6) is -0.272. The molecule has 0 aliphatic carbocycles. The van der Waals surface area contributed by atoms with Crippen LogP contribution in [0, 0.1) is 11.3 Å². The molecule has 0 atom stereocenters. The molecule has 0 spiro atoms. The van der Waals surface area contributed by atoms with Crippen LogP contribution in [-0.2, 0) is 6.42 Å². The van der Waals surface area contributed by atoms with Crippen molar-refractivity contribution in [2.24, 2.45) is 5.73 Å². The van der Waals surface area contributed by atoms with E-state index in [1.165, 1.54) is 0 Å². The van der Waals surface area contributed by atoms with Crippen LogP contribution in [0.3, 0.4) is 0 Å². The number of anilines is 1. The maximum Gasteiger partial charge on any atom is 0.255 e. The highest BCUT2D eigenvalue weighted by atomic mass is 35.5. The van der Waals surface area contributed by atoms with Gasteiger partial charge in [-0.3, -0.25) is 4.79 Å². The zero-order valence-corrected chi connectivity index (χ0v) is 12.0. The predicted octanol–water partition coefficient (Wildman–Crippen LogP) is 2.97. The van der Waals surface area contributed by atoms with E-state index in [4.69, 9.17) is 22.6 Å². The Morgan fingerprint density at radius 3 is 2.57 bits per heavy atom. The average Bonchev–Trinajstić information content (AvgIpc) is 2.50. The van der Waals surface area contributed by atoms with E-state index in [0.29, 0.717) is 28.4 Å². The topological polar surface area (TPSA) is 78.9 Å². The van der Waals surface area contributed by atoms with E-state index in [-0.39, 0.29) is 5.91 Å². The van der Waals surface area contributed by atoms with E-state index < -0.39 is 0 Å². The molecule has 0 bridgehead atoms. The third kappa shape index (κ3) is 3.82. The Kier molecular flexibility index (Phi) is 4.94. The molecule has 5 heteroatoms. The zero-order valence-electron chi connectivity index (χ0n) is 11.3. The lowest BCUT2D eigenvalue weighted by atomic mass is 10.1. The molecule has 4 nitrogen and oxygen atoms in total. The predicted molar refractivity (Wildman–Crippen MR) is 83.3 cm³/mol. The Morgan fingerprint density at radius 2 is 1.95 bits per heavy atom. The average molecular weight is 300 g/mol. The second kappa shape index (κ2) is 6.89. The van der Waals surface area contributed by atoms with Crippen molar-refractivity contribution in [2.75, 3.05) is 11.9 Å². The Labute approximate surface area is 128 Å². The van der Waals surface area contributed by atoms with Crippen LogP contribution >= 0.6 is 11.6 Å². The third-order valence-corrected chi connectivity index (χ3v) is 3.32. The quantitative estimate of drug-likeness (QED) is 0.911. The number of carbonyl (C=O) groups is 1. The van der Waals surface area contributed by atoms with Crippen LogP contribution in [0.5, 0.6) is 0 Å². The third-order valence-electron chi connectivity index (χ3n) is 2.99. The van der Waals surface area contributed by atoms with Gasteiger partial charge in [-0.15, -0.1) is 0 Å². The van der Waals surface area contributed by atoms with Gasteiger partial charge in [0.05, 0.1) is 22.3 Å². The Balaban J connectivity index is 2.16. The first-order chi connectivity index (χ1) is 10.1. The second-order valence-corrected chi connectivity index (χ2v) is 4.90. The molecule has 0 aliphatic heterocycles. The van der Waals surface area contributed by atoms with E-state index in [9.17, 15) is 4.79 Å². The van der Waals surface area contributed by atoms with Crippen LogP contribution in [0.1, 0.15) is 21.5 Å². The lowest BCUT2D eigenvalue weighted by Crippen LogP contribution is -2.12. The van der Waals surface area contributed by atoms with Gasteiger partial charge in [0.1, 0.15) is 0 Å². The van der Waals surface area contributed by atoms with Gasteiger partial charge in [-0.25, -0.2) is 0 Å². The minimum Gasteiger partial charge on any atom is -0.330 e. The fraction of sp³-hybridized carbons (Fsp3) is 0.125. The fourth-order valence-corrected chi connectivity index (χ4v) is 2.04. The summed E-state index contributed by atoms with van der Waals surface area (Å²) in [7, 11) is 0. The fourth-order valence-electron chi connectivity index (χ4n) is 1.87. The largest absolute Gasteiger partial charge is 0.330 e. The summed E-state index contributed by atoms with van der Waals surface area (Å²) in [6.45, 7) is 0.572. The summed E-state index contributed by atoms with van der Waals surface area (Å²) in [4.78, 5) is 12.2. The minimum absolute atomic E-state index is 0.272. The maximum atomic E-state index is 12.2. The van der Waals surface area contributed by atoms with Crippen LogP contribution in [0.2, 0.25) is 5.02 Å². The van der Waals surface area contributed by atoms with Crippen molar-refractivity contribution in [3.63, 3.8) is 0 Å². The van der Waals surface area contributed by atoms with Gasteiger partial charge in [-0.05, 0) is 48.9 Å². The molecule has 0 aliphatic rings. The second-order valence-electron chi connectivity index (χ2n) is 4.50. The lowest BCUT2D eigenvalue weighted by Gasteiger charge is -2.08. The van der Waals surface area contributed by atoms with E-state index in [1.54, 1.807) is 30.3 Å². The van der Waals surface area contributed by atoms with Crippen molar-refractivity contribution in [1.82, 2.24) is 0 Å². The monoisotopic (exact) mass is 299 g/mol. The van der Waals surface area contributed by atoms with Crippen molar-refractivity contribution in [3.05, 3.63) is 64.2 Å². The first-order valence-electron chi connectivity index (χ1n) is 6.44. The number of hydrogen-bond acceptors (Lipinski definition) is 3. The van der Waals surface area contributed by atoms with Crippen LogP contribution in [0.15, 0.2) is 42.5 Å². The van der Waals surface area contributed by atoms with Crippen LogP contribution in [0.4, 0.5) is 5.69 Å². The Morgan fingerprint density at radius 1 is 1.24 bits per heavy atom. The molecule has 2 aromatic rings. The van der Waals surface area contributed by atoms with Gasteiger partial charge in [-0.2, -0.15) is 5.26 Å². The number of nitriles is 1. The number of nitrogens with two attached hydrogens (primary N) is 1. The molecule has 2 rings (SSSR count). The summed E-state index contributed by atoms with van der Waals surface area (Å²) in [6.07, 6.45) is 0.776. The lowest BCUT2D eigenvalue weighted by molar-refractivity contribution is 0.102. The number of rotatable bonds is 4. The highest BCUT2D eigenvalue weighted by Gasteiger charge is 2.09. The van der Waals surface area contributed by atoms with Crippen LogP contribution in [0.25, 0.3) is 0 Å². The molecule has 0 unspecified atom stereocenters. The van der Waals surface area contributed by atoms with E-state index >= 15 is 0 Å². The van der Waals surface area contributed by atoms with E-state index in [2.05, 4.69) is 5.32 Å². The van der Waals surface area contributed by atoms with E-state index in [0.717, 1.165) is 12.0 Å². The molecule has 3 N–H and O–H groups in total. The van der Waals surface area contributed by atoms with Crippen molar-refractivity contribution >= 4 is 23.2 Å². The molecule has 1 amide bonds. The number of amides is 1. The van der Waals surface area contributed by atoms with Gasteiger partial charge in [0.15, 0.2) is 0 Å². The molecule has 0 aromatic heterocycles. The molecule has 0 saturated carbocycles. The standard InChI is InChI=1S/C16H14ClN3O/c17-14-6-3-12(10-19)9-15(14)20-16(21)13-4-1-11(2-5-13)7-8-18/h1-6,9H,7-8,18H2,(H,20,21). The van der Waals surface area contributed by atoms with E-state index in [1.807, 2.05) is 18.2 Å². The SMILES string of the molecule is N#Cc1ccc(Cl)c(NC(=O)c2ccc(CCN)cc2)c1. The molecule has 106 valence electrons. The highest BCUT2D eigenvalue weighted by molar-refractivity contribution is 6.34. The van der Waals surface area contributed by atoms with Crippen molar-refractivity contribution in [2.45, 2.75) is 6.42 Å². The summed E-state index contributed by atoms with van der Waals surface area (Å²) in [5.41, 5.74) is 7.95. The number of hydrogen-bond donors (Lipinski definition) is 2. The molecule has 0 heterocycles. The van der Waals surface area contributed by atoms with Crippen molar-refractivity contribution in [1.29, 1.82) is 5.26 Å². The summed E-state index contributed by atoms with van der Waals surface area (Å²) >= 11 is 6.01. The van der Waals surface area contributed by atoms with Crippen LogP contribution in [-0.4, -0.2) is 12.5 Å². The highest BCUT2D eigenvalue weighted by Crippen LogP contribution is 2.23. The molecular weight excluding hydrogens is 286 g/mol. The number of nitrogens with one attached hydrogen (secondary N) is 1. The molecule has 0 radical (unpaired) electrons. The smallest absolute Gasteiger partial charge is 0.255 e. The summed E-state index contributed by atoms with van der Waals surface area (Å²) < 4.78 is 0. The van der Waals surface area contributed by atoms with Gasteiger partial charge in [-0.1, -0.05) is 23.7 Å². The Hall–Kier alpha value is -2.35.